The molecule has 1 atom stereocenters. The third-order valence-corrected chi connectivity index (χ3v) is 7.51. The highest BCUT2D eigenvalue weighted by atomic mass is 35.5. The van der Waals surface area contributed by atoms with Gasteiger partial charge in [0.1, 0.15) is 5.82 Å². The van der Waals surface area contributed by atoms with Gasteiger partial charge in [0.25, 0.3) is 0 Å². The molecule has 4 aliphatic rings. The number of nitrogens with one attached hydrogen (secondary N) is 1. The van der Waals surface area contributed by atoms with E-state index < -0.39 is 23.4 Å². The minimum absolute atomic E-state index is 0.0947. The number of phenols is 1. The fourth-order valence-corrected chi connectivity index (χ4v) is 5.76. The maximum atomic E-state index is 15.0. The van der Waals surface area contributed by atoms with E-state index in [1.807, 2.05) is 0 Å². The van der Waals surface area contributed by atoms with Gasteiger partial charge in [0.15, 0.2) is 11.6 Å². The second-order valence-electron chi connectivity index (χ2n) is 8.69. The summed E-state index contributed by atoms with van der Waals surface area (Å²) in [5.74, 6) is -2.08. The van der Waals surface area contributed by atoms with Crippen molar-refractivity contribution in [1.82, 2.24) is 5.32 Å². The van der Waals surface area contributed by atoms with E-state index in [1.54, 1.807) is 0 Å². The molecule has 5 rings (SSSR count). The maximum absolute atomic E-state index is 15.0. The Kier molecular flexibility index (Phi) is 5.08. The van der Waals surface area contributed by atoms with Crippen molar-refractivity contribution in [2.24, 2.45) is 17.3 Å². The van der Waals surface area contributed by atoms with E-state index in [0.717, 1.165) is 70.3 Å². The summed E-state index contributed by atoms with van der Waals surface area (Å²) in [6.07, 6.45) is 9.21. The largest absolute Gasteiger partial charge is 0.505 e. The van der Waals surface area contributed by atoms with Crippen molar-refractivity contribution in [2.75, 3.05) is 0 Å². The predicted molar refractivity (Wildman–Crippen MR) is 99.5 cm³/mol. The van der Waals surface area contributed by atoms with Gasteiger partial charge >= 0.3 is 0 Å². The van der Waals surface area contributed by atoms with Crippen LogP contribution in [0.3, 0.4) is 0 Å². The highest BCUT2D eigenvalue weighted by Gasteiger charge is 2.49. The zero-order chi connectivity index (χ0) is 19.2. The standard InChI is InChI=1S/C21H26ClF2NO2/c22-14-11-15(26)18(24)16(17(14)23)19(25-20(27)13-3-1-2-4-13)21-8-5-12(6-9-21)7-10-21/h11-13,19,26H,1-10H2,(H,25,27). The average molecular weight is 398 g/mol. The molecule has 1 unspecified atom stereocenters. The Balaban J connectivity index is 1.76. The van der Waals surface area contributed by atoms with E-state index in [0.29, 0.717) is 5.92 Å². The minimum Gasteiger partial charge on any atom is -0.505 e. The topological polar surface area (TPSA) is 49.3 Å². The molecule has 4 fully saturated rings. The fourth-order valence-electron chi connectivity index (χ4n) is 5.56. The van der Waals surface area contributed by atoms with Crippen LogP contribution in [0.15, 0.2) is 6.07 Å². The van der Waals surface area contributed by atoms with Crippen LogP contribution in [0.1, 0.15) is 75.8 Å². The van der Waals surface area contributed by atoms with Gasteiger partial charge in [-0.1, -0.05) is 24.4 Å². The molecule has 0 aromatic heterocycles. The van der Waals surface area contributed by atoms with Crippen molar-refractivity contribution in [3.8, 4) is 5.75 Å². The average Bonchev–Trinajstić information content (AvgIpc) is 3.22. The second-order valence-corrected chi connectivity index (χ2v) is 9.09. The number of fused-ring (bicyclic) bond motifs is 3. The lowest BCUT2D eigenvalue weighted by atomic mass is 9.56. The predicted octanol–water partition coefficient (Wildman–Crippen LogP) is 5.64. The molecule has 2 bridgehead atoms. The number of amides is 1. The number of hydrogen-bond acceptors (Lipinski definition) is 2. The van der Waals surface area contributed by atoms with E-state index in [-0.39, 0.29) is 27.8 Å². The van der Waals surface area contributed by atoms with Crippen molar-refractivity contribution in [1.29, 1.82) is 0 Å². The van der Waals surface area contributed by atoms with Crippen LogP contribution < -0.4 is 5.32 Å². The lowest BCUT2D eigenvalue weighted by Crippen LogP contribution is -2.48. The monoisotopic (exact) mass is 397 g/mol. The SMILES string of the molecule is O=C(NC(c1c(F)c(O)cc(Cl)c1F)C12CCC(CC1)CC2)C1CCCC1. The highest BCUT2D eigenvalue weighted by Crippen LogP contribution is 2.57. The molecule has 2 N–H and O–H groups in total. The van der Waals surface area contributed by atoms with E-state index in [2.05, 4.69) is 5.32 Å². The van der Waals surface area contributed by atoms with E-state index in [9.17, 15) is 18.7 Å². The number of benzene rings is 1. The summed E-state index contributed by atoms with van der Waals surface area (Å²) in [4.78, 5) is 12.9. The third kappa shape index (κ3) is 3.32. The van der Waals surface area contributed by atoms with Gasteiger partial charge in [-0.3, -0.25) is 4.79 Å². The number of aromatic hydroxyl groups is 1. The Bertz CT molecular complexity index is 700. The molecule has 0 radical (unpaired) electrons. The molecule has 4 saturated carbocycles. The number of carbonyl (C=O) groups is 1. The van der Waals surface area contributed by atoms with Crippen LogP contribution in [-0.4, -0.2) is 11.0 Å². The lowest BCUT2D eigenvalue weighted by molar-refractivity contribution is -0.127. The zero-order valence-electron chi connectivity index (χ0n) is 15.4. The zero-order valence-corrected chi connectivity index (χ0v) is 16.1. The molecule has 148 valence electrons. The van der Waals surface area contributed by atoms with Crippen molar-refractivity contribution in [2.45, 2.75) is 70.3 Å². The smallest absolute Gasteiger partial charge is 0.223 e. The molecular weight excluding hydrogens is 372 g/mol. The molecule has 27 heavy (non-hydrogen) atoms. The number of phenolic OH excluding ortho intramolecular Hbond substituents is 1. The number of hydrogen-bond donors (Lipinski definition) is 2. The molecule has 1 aromatic rings. The summed E-state index contributed by atoms with van der Waals surface area (Å²) in [5.41, 5.74) is -0.645. The van der Waals surface area contributed by atoms with Gasteiger partial charge < -0.3 is 10.4 Å². The first kappa shape index (κ1) is 19.0. The minimum atomic E-state index is -1.00. The van der Waals surface area contributed by atoms with Crippen LogP contribution in [0, 0.1) is 28.9 Å². The molecule has 6 heteroatoms. The summed E-state index contributed by atoms with van der Waals surface area (Å²) >= 11 is 5.92. The van der Waals surface area contributed by atoms with Gasteiger partial charge in [-0.25, -0.2) is 8.78 Å². The van der Waals surface area contributed by atoms with Gasteiger partial charge in [-0.05, 0) is 62.7 Å². The summed E-state index contributed by atoms with van der Waals surface area (Å²) in [7, 11) is 0. The van der Waals surface area contributed by atoms with Crippen molar-refractivity contribution in [3.63, 3.8) is 0 Å². The summed E-state index contributed by atoms with van der Waals surface area (Å²) < 4.78 is 29.9. The Morgan fingerprint density at radius 3 is 2.30 bits per heavy atom. The Labute approximate surface area is 163 Å². The molecule has 0 heterocycles. The van der Waals surface area contributed by atoms with Crippen LogP contribution in [0.5, 0.6) is 5.75 Å². The Morgan fingerprint density at radius 2 is 1.70 bits per heavy atom. The first-order valence-corrected chi connectivity index (χ1v) is 10.5. The molecule has 1 amide bonds. The van der Waals surface area contributed by atoms with E-state index in [1.165, 1.54) is 0 Å². The fraction of sp³-hybridized carbons (Fsp3) is 0.667. The number of halogens is 3. The summed E-state index contributed by atoms with van der Waals surface area (Å²) in [6, 6.07) is 0.0949. The maximum Gasteiger partial charge on any atom is 0.223 e. The van der Waals surface area contributed by atoms with Crippen LogP contribution in [0.2, 0.25) is 5.02 Å². The quantitative estimate of drug-likeness (QED) is 0.646. The molecule has 3 nitrogen and oxygen atoms in total. The summed E-state index contributed by atoms with van der Waals surface area (Å²) in [6.45, 7) is 0. The first-order chi connectivity index (χ1) is 12.9. The van der Waals surface area contributed by atoms with Crippen LogP contribution in [-0.2, 0) is 4.79 Å². The normalized spacial score (nSPS) is 29.1. The molecular formula is C21H26ClF2NO2. The second kappa shape index (κ2) is 7.23. The van der Waals surface area contributed by atoms with Crippen LogP contribution in [0.4, 0.5) is 8.78 Å². The molecule has 4 aliphatic carbocycles. The van der Waals surface area contributed by atoms with Gasteiger partial charge in [-0.2, -0.15) is 0 Å². The molecule has 0 spiro atoms. The van der Waals surface area contributed by atoms with E-state index in [4.69, 9.17) is 11.6 Å². The Morgan fingerprint density at radius 1 is 1.11 bits per heavy atom. The van der Waals surface area contributed by atoms with Gasteiger partial charge in [0, 0.05) is 12.0 Å². The van der Waals surface area contributed by atoms with Crippen molar-refractivity contribution in [3.05, 3.63) is 28.3 Å². The summed E-state index contributed by atoms with van der Waals surface area (Å²) in [5, 5.41) is 12.6. The van der Waals surface area contributed by atoms with Crippen molar-refractivity contribution >= 4 is 17.5 Å². The van der Waals surface area contributed by atoms with Crippen LogP contribution >= 0.6 is 11.6 Å². The third-order valence-electron chi connectivity index (χ3n) is 7.24. The molecule has 0 saturated heterocycles. The lowest BCUT2D eigenvalue weighted by Gasteiger charge is -2.51. The molecule has 0 aliphatic heterocycles. The molecule has 1 aromatic carbocycles. The van der Waals surface area contributed by atoms with Gasteiger partial charge in [-0.15, -0.1) is 0 Å². The number of rotatable bonds is 4. The van der Waals surface area contributed by atoms with Crippen molar-refractivity contribution < 1.29 is 18.7 Å². The van der Waals surface area contributed by atoms with Gasteiger partial charge in [0.2, 0.25) is 5.91 Å². The Hall–Kier alpha value is -1.36. The van der Waals surface area contributed by atoms with E-state index >= 15 is 0 Å². The first-order valence-electron chi connectivity index (χ1n) is 10.1. The highest BCUT2D eigenvalue weighted by molar-refractivity contribution is 6.31. The van der Waals surface area contributed by atoms with Gasteiger partial charge in [0.05, 0.1) is 16.6 Å². The van der Waals surface area contributed by atoms with Crippen LogP contribution in [0.25, 0.3) is 0 Å². The number of carbonyl (C=O) groups excluding carboxylic acids is 1.